The van der Waals surface area contributed by atoms with Crippen molar-refractivity contribution in [2.45, 2.75) is 40.2 Å². The van der Waals surface area contributed by atoms with Gasteiger partial charge < -0.3 is 4.90 Å². The van der Waals surface area contributed by atoms with Crippen LogP contribution in [0.25, 0.3) is 0 Å². The molecule has 0 N–H and O–H groups in total. The van der Waals surface area contributed by atoms with E-state index in [1.54, 1.807) is 0 Å². The molecule has 0 fully saturated rings. The van der Waals surface area contributed by atoms with E-state index < -0.39 is 0 Å². The molecular weight excluding hydrogens is 222 g/mol. The van der Waals surface area contributed by atoms with Crippen molar-refractivity contribution < 1.29 is 4.79 Å². The van der Waals surface area contributed by atoms with Gasteiger partial charge in [-0.25, -0.2) is 0 Å². The molecular formula is C16H25NO. The van der Waals surface area contributed by atoms with Crippen LogP contribution in [-0.2, 0) is 0 Å². The van der Waals surface area contributed by atoms with Crippen molar-refractivity contribution in [2.24, 2.45) is 5.92 Å². The fourth-order valence-electron chi connectivity index (χ4n) is 2.04. The Hall–Kier alpha value is -1.15. The first kappa shape index (κ1) is 14.9. The van der Waals surface area contributed by atoms with E-state index in [0.29, 0.717) is 18.4 Å². The van der Waals surface area contributed by atoms with Crippen molar-refractivity contribution in [3.8, 4) is 0 Å². The molecule has 1 aromatic carbocycles. The highest BCUT2D eigenvalue weighted by Gasteiger charge is 2.13. The fraction of sp³-hybridized carbons (Fsp3) is 0.562. The Labute approximate surface area is 111 Å². The van der Waals surface area contributed by atoms with Gasteiger partial charge in [0.15, 0.2) is 5.78 Å². The molecule has 0 bridgehead atoms. The van der Waals surface area contributed by atoms with Gasteiger partial charge in [0.2, 0.25) is 0 Å². The second kappa shape index (κ2) is 7.32. The predicted molar refractivity (Wildman–Crippen MR) is 76.9 cm³/mol. The van der Waals surface area contributed by atoms with Crippen LogP contribution < -0.4 is 0 Å². The van der Waals surface area contributed by atoms with Crippen LogP contribution in [0.15, 0.2) is 30.3 Å². The third-order valence-electron chi connectivity index (χ3n) is 3.05. The maximum absolute atomic E-state index is 12.0. The lowest BCUT2D eigenvalue weighted by Gasteiger charge is -2.27. The number of ketones is 1. The molecule has 0 saturated heterocycles. The molecule has 0 saturated carbocycles. The Morgan fingerprint density at radius 3 is 2.22 bits per heavy atom. The van der Waals surface area contributed by atoms with Crippen LogP contribution in [0.5, 0.6) is 0 Å². The van der Waals surface area contributed by atoms with Crippen LogP contribution in [0.1, 0.15) is 44.5 Å². The van der Waals surface area contributed by atoms with Gasteiger partial charge in [-0.3, -0.25) is 4.79 Å². The normalized spacial score (nSPS) is 11.5. The maximum atomic E-state index is 12.0. The second-order valence-corrected chi connectivity index (χ2v) is 5.52. The molecule has 2 nitrogen and oxygen atoms in total. The molecule has 2 heteroatoms. The van der Waals surface area contributed by atoms with Gasteiger partial charge in [-0.05, 0) is 19.8 Å². The molecule has 0 aliphatic rings. The summed E-state index contributed by atoms with van der Waals surface area (Å²) in [6.07, 6.45) is 0.606. The third-order valence-corrected chi connectivity index (χ3v) is 3.05. The topological polar surface area (TPSA) is 20.3 Å². The average molecular weight is 247 g/mol. The lowest BCUT2D eigenvalue weighted by molar-refractivity contribution is 0.0950. The highest BCUT2D eigenvalue weighted by Crippen LogP contribution is 2.08. The Morgan fingerprint density at radius 2 is 1.72 bits per heavy atom. The Bertz CT molecular complexity index is 357. The summed E-state index contributed by atoms with van der Waals surface area (Å²) in [6, 6.07) is 10.1. The number of Topliss-reactive ketones (excluding diaryl/α,β-unsaturated/α-hetero) is 1. The summed E-state index contributed by atoms with van der Waals surface area (Å²) in [6.45, 7) is 10.7. The monoisotopic (exact) mass is 247 g/mol. The molecule has 0 aliphatic heterocycles. The van der Waals surface area contributed by atoms with Crippen molar-refractivity contribution in [2.75, 3.05) is 13.1 Å². The van der Waals surface area contributed by atoms with E-state index in [1.807, 2.05) is 30.3 Å². The van der Waals surface area contributed by atoms with E-state index in [2.05, 4.69) is 32.6 Å². The van der Waals surface area contributed by atoms with Crippen LogP contribution in [0.4, 0.5) is 0 Å². The number of carbonyl (C=O) groups excluding carboxylic acids is 1. The van der Waals surface area contributed by atoms with E-state index in [4.69, 9.17) is 0 Å². The smallest absolute Gasteiger partial charge is 0.164 e. The number of nitrogens with zero attached hydrogens (tertiary/aromatic N) is 1. The minimum Gasteiger partial charge on any atom is -0.300 e. The summed E-state index contributed by atoms with van der Waals surface area (Å²) in [5.41, 5.74) is 0.825. The third kappa shape index (κ3) is 5.01. The first-order valence-electron chi connectivity index (χ1n) is 6.83. The summed E-state index contributed by atoms with van der Waals surface area (Å²) in [5, 5.41) is 0. The van der Waals surface area contributed by atoms with Gasteiger partial charge in [0.05, 0.1) is 0 Å². The highest BCUT2D eigenvalue weighted by atomic mass is 16.1. The van der Waals surface area contributed by atoms with Crippen molar-refractivity contribution in [3.05, 3.63) is 35.9 Å². The zero-order valence-corrected chi connectivity index (χ0v) is 12.0. The average Bonchev–Trinajstić information content (AvgIpc) is 2.34. The van der Waals surface area contributed by atoms with Crippen molar-refractivity contribution in [3.63, 3.8) is 0 Å². The summed E-state index contributed by atoms with van der Waals surface area (Å²) in [5.74, 6) is 0.879. The molecule has 0 radical (unpaired) electrons. The first-order chi connectivity index (χ1) is 8.50. The SMILES string of the molecule is CC(C)CN(CCC(=O)c1ccccc1)C(C)C. The molecule has 0 amide bonds. The van der Waals surface area contributed by atoms with E-state index in [1.165, 1.54) is 0 Å². The minimum absolute atomic E-state index is 0.241. The molecule has 0 heterocycles. The number of hydrogen-bond acceptors (Lipinski definition) is 2. The van der Waals surface area contributed by atoms with Gasteiger partial charge in [-0.15, -0.1) is 0 Å². The lowest BCUT2D eigenvalue weighted by atomic mass is 10.1. The summed E-state index contributed by atoms with van der Waals surface area (Å²) in [7, 11) is 0. The van der Waals surface area contributed by atoms with Gasteiger partial charge in [-0.1, -0.05) is 44.2 Å². The van der Waals surface area contributed by atoms with Gasteiger partial charge in [-0.2, -0.15) is 0 Å². The van der Waals surface area contributed by atoms with E-state index in [9.17, 15) is 4.79 Å². The standard InChI is InChI=1S/C16H25NO/c1-13(2)12-17(14(3)4)11-10-16(18)15-8-6-5-7-9-15/h5-9,13-14H,10-12H2,1-4H3. The summed E-state index contributed by atoms with van der Waals surface area (Å²) in [4.78, 5) is 14.4. The quantitative estimate of drug-likeness (QED) is 0.686. The summed E-state index contributed by atoms with van der Waals surface area (Å²) >= 11 is 0. The highest BCUT2D eigenvalue weighted by molar-refractivity contribution is 5.96. The van der Waals surface area contributed by atoms with E-state index in [0.717, 1.165) is 18.7 Å². The number of hydrogen-bond donors (Lipinski definition) is 0. The Morgan fingerprint density at radius 1 is 1.11 bits per heavy atom. The maximum Gasteiger partial charge on any atom is 0.164 e. The lowest BCUT2D eigenvalue weighted by Crippen LogP contribution is -2.35. The molecule has 18 heavy (non-hydrogen) atoms. The molecule has 0 aliphatic carbocycles. The number of carbonyl (C=O) groups is 1. The van der Waals surface area contributed by atoms with Crippen molar-refractivity contribution in [1.29, 1.82) is 0 Å². The zero-order valence-electron chi connectivity index (χ0n) is 12.0. The molecule has 0 spiro atoms. The van der Waals surface area contributed by atoms with Crippen molar-refractivity contribution in [1.82, 2.24) is 4.90 Å². The largest absolute Gasteiger partial charge is 0.300 e. The number of rotatable bonds is 7. The van der Waals surface area contributed by atoms with Gasteiger partial charge >= 0.3 is 0 Å². The van der Waals surface area contributed by atoms with E-state index >= 15 is 0 Å². The van der Waals surface area contributed by atoms with Gasteiger partial charge in [0, 0.05) is 31.1 Å². The molecule has 1 aromatic rings. The van der Waals surface area contributed by atoms with Crippen LogP contribution in [0, 0.1) is 5.92 Å². The van der Waals surface area contributed by atoms with Crippen molar-refractivity contribution >= 4 is 5.78 Å². The Balaban J connectivity index is 2.50. The molecule has 0 unspecified atom stereocenters. The van der Waals surface area contributed by atoms with Crippen LogP contribution in [-0.4, -0.2) is 29.8 Å². The number of benzene rings is 1. The summed E-state index contributed by atoms with van der Waals surface area (Å²) < 4.78 is 0. The zero-order chi connectivity index (χ0) is 13.5. The van der Waals surface area contributed by atoms with Crippen LogP contribution in [0.2, 0.25) is 0 Å². The van der Waals surface area contributed by atoms with Gasteiger partial charge in [0.25, 0.3) is 0 Å². The molecule has 1 rings (SSSR count). The second-order valence-electron chi connectivity index (χ2n) is 5.52. The predicted octanol–water partition coefficient (Wildman–Crippen LogP) is 3.63. The van der Waals surface area contributed by atoms with Crippen LogP contribution in [0.3, 0.4) is 0 Å². The first-order valence-corrected chi connectivity index (χ1v) is 6.83. The Kier molecular flexibility index (Phi) is 6.06. The van der Waals surface area contributed by atoms with E-state index in [-0.39, 0.29) is 5.78 Å². The molecule has 100 valence electrons. The minimum atomic E-state index is 0.241. The fourth-order valence-corrected chi connectivity index (χ4v) is 2.04. The van der Waals surface area contributed by atoms with Gasteiger partial charge in [0.1, 0.15) is 0 Å². The van der Waals surface area contributed by atoms with Crippen LogP contribution >= 0.6 is 0 Å². The molecule has 0 atom stereocenters. The molecule has 0 aromatic heterocycles.